The zero-order chi connectivity index (χ0) is 21.8. The number of carbonyl (C=O) groups excluding carboxylic acids is 3. The van der Waals surface area contributed by atoms with Crippen molar-refractivity contribution in [3.63, 3.8) is 0 Å². The van der Waals surface area contributed by atoms with E-state index in [4.69, 9.17) is 4.74 Å². The number of Topliss-reactive ketones (excluding diaryl/α,β-unsaturated/α-hetero) is 1. The highest BCUT2D eigenvalue weighted by Crippen LogP contribution is 2.20. The summed E-state index contributed by atoms with van der Waals surface area (Å²) in [5.41, 5.74) is 2.77. The number of rotatable bonds is 6. The quantitative estimate of drug-likeness (QED) is 0.481. The van der Waals surface area contributed by atoms with Crippen LogP contribution in [0, 0.1) is 12.8 Å². The molecule has 1 aromatic heterocycles. The van der Waals surface area contributed by atoms with E-state index < -0.39 is 12.1 Å². The van der Waals surface area contributed by atoms with Gasteiger partial charge in [0.05, 0.1) is 11.1 Å². The summed E-state index contributed by atoms with van der Waals surface area (Å²) in [5.74, 6) is -1.13. The minimum Gasteiger partial charge on any atom is -0.451 e. The van der Waals surface area contributed by atoms with Crippen LogP contribution in [0.4, 0.5) is 5.69 Å². The molecule has 0 aliphatic rings. The highest BCUT2D eigenvalue weighted by Gasteiger charge is 2.22. The van der Waals surface area contributed by atoms with Crippen LogP contribution >= 0.6 is 0 Å². The van der Waals surface area contributed by atoms with Gasteiger partial charge in [0, 0.05) is 28.2 Å². The Morgan fingerprint density at radius 1 is 0.967 bits per heavy atom. The van der Waals surface area contributed by atoms with Gasteiger partial charge in [-0.3, -0.25) is 14.6 Å². The predicted octanol–water partition coefficient (Wildman–Crippen LogP) is 4.57. The molecule has 1 N–H and O–H groups in total. The fraction of sp³-hybridized carbons (Fsp3) is 0.250. The zero-order valence-electron chi connectivity index (χ0n) is 17.4. The summed E-state index contributed by atoms with van der Waals surface area (Å²) in [7, 11) is 0. The van der Waals surface area contributed by atoms with E-state index in [1.54, 1.807) is 64.1 Å². The molecule has 1 heterocycles. The lowest BCUT2D eigenvalue weighted by molar-refractivity contribution is -0.118. The van der Waals surface area contributed by atoms with Gasteiger partial charge in [-0.25, -0.2) is 4.79 Å². The van der Waals surface area contributed by atoms with Crippen molar-refractivity contribution < 1.29 is 19.1 Å². The van der Waals surface area contributed by atoms with E-state index in [1.807, 2.05) is 18.2 Å². The zero-order valence-corrected chi connectivity index (χ0v) is 17.4. The summed E-state index contributed by atoms with van der Waals surface area (Å²) >= 11 is 0. The number of amides is 1. The summed E-state index contributed by atoms with van der Waals surface area (Å²) in [5, 5.41) is 3.45. The Balaban J connectivity index is 1.73. The van der Waals surface area contributed by atoms with Gasteiger partial charge >= 0.3 is 5.97 Å². The first-order valence-corrected chi connectivity index (χ1v) is 9.78. The number of aromatic nitrogens is 1. The summed E-state index contributed by atoms with van der Waals surface area (Å²) in [6.07, 6.45) is -0.958. The molecule has 0 saturated carbocycles. The Morgan fingerprint density at radius 2 is 1.63 bits per heavy atom. The van der Waals surface area contributed by atoms with Crippen LogP contribution in [0.25, 0.3) is 10.9 Å². The molecule has 2 aromatic carbocycles. The Morgan fingerprint density at radius 3 is 2.30 bits per heavy atom. The van der Waals surface area contributed by atoms with Crippen LogP contribution in [0.15, 0.2) is 54.6 Å². The maximum Gasteiger partial charge on any atom is 0.339 e. The highest BCUT2D eigenvalue weighted by atomic mass is 16.5. The van der Waals surface area contributed by atoms with Gasteiger partial charge in [-0.05, 0) is 50.2 Å². The van der Waals surface area contributed by atoms with Gasteiger partial charge in [0.15, 0.2) is 6.10 Å². The molecule has 0 radical (unpaired) electrons. The predicted molar refractivity (Wildman–Crippen MR) is 116 cm³/mol. The van der Waals surface area contributed by atoms with Gasteiger partial charge in [-0.2, -0.15) is 0 Å². The number of esters is 1. The second-order valence-electron chi connectivity index (χ2n) is 7.46. The lowest BCUT2D eigenvalue weighted by Gasteiger charge is -2.14. The van der Waals surface area contributed by atoms with Crippen molar-refractivity contribution >= 4 is 34.3 Å². The molecule has 1 unspecified atom stereocenters. The van der Waals surface area contributed by atoms with Crippen molar-refractivity contribution in [2.75, 3.05) is 5.32 Å². The van der Waals surface area contributed by atoms with Gasteiger partial charge in [-0.1, -0.05) is 32.0 Å². The Hall–Kier alpha value is -3.54. The Bertz CT molecular complexity index is 1100. The summed E-state index contributed by atoms with van der Waals surface area (Å²) in [6.45, 7) is 6.95. The minimum atomic E-state index is -0.958. The van der Waals surface area contributed by atoms with Crippen LogP contribution in [0.5, 0.6) is 0 Å². The summed E-state index contributed by atoms with van der Waals surface area (Å²) in [6, 6.07) is 15.5. The van der Waals surface area contributed by atoms with Crippen LogP contribution in [0.1, 0.15) is 47.2 Å². The third-order valence-corrected chi connectivity index (χ3v) is 4.68. The molecule has 3 rings (SSSR count). The number of hydrogen-bond donors (Lipinski definition) is 1. The van der Waals surface area contributed by atoms with E-state index in [9.17, 15) is 14.4 Å². The van der Waals surface area contributed by atoms with Crippen LogP contribution in [-0.2, 0) is 9.53 Å². The van der Waals surface area contributed by atoms with Crippen molar-refractivity contribution in [1.82, 2.24) is 4.98 Å². The first-order chi connectivity index (χ1) is 14.3. The van der Waals surface area contributed by atoms with E-state index >= 15 is 0 Å². The van der Waals surface area contributed by atoms with E-state index in [-0.39, 0.29) is 17.6 Å². The number of ketones is 1. The third-order valence-electron chi connectivity index (χ3n) is 4.68. The monoisotopic (exact) mass is 404 g/mol. The van der Waals surface area contributed by atoms with Crippen LogP contribution in [-0.4, -0.2) is 28.7 Å². The van der Waals surface area contributed by atoms with Gasteiger partial charge in [0.2, 0.25) is 11.7 Å². The molecule has 0 aliphatic carbocycles. The number of aryl methyl sites for hydroxylation is 1. The molecule has 154 valence electrons. The number of ether oxygens (including phenoxy) is 1. The molecule has 3 aromatic rings. The molecule has 0 saturated heterocycles. The van der Waals surface area contributed by atoms with Crippen LogP contribution in [0.2, 0.25) is 0 Å². The number of anilines is 1. The molecule has 1 amide bonds. The molecule has 0 fully saturated rings. The van der Waals surface area contributed by atoms with Crippen molar-refractivity contribution in [1.29, 1.82) is 0 Å². The van der Waals surface area contributed by atoms with Gasteiger partial charge < -0.3 is 10.1 Å². The first-order valence-electron chi connectivity index (χ1n) is 9.78. The van der Waals surface area contributed by atoms with Gasteiger partial charge in [0.25, 0.3) is 0 Å². The second kappa shape index (κ2) is 8.86. The van der Waals surface area contributed by atoms with E-state index in [2.05, 4.69) is 10.3 Å². The Kier molecular flexibility index (Phi) is 6.26. The second-order valence-corrected chi connectivity index (χ2v) is 7.46. The lowest BCUT2D eigenvalue weighted by Crippen LogP contribution is -2.24. The molecular weight excluding hydrogens is 380 g/mol. The fourth-order valence-electron chi connectivity index (χ4n) is 2.99. The first kappa shape index (κ1) is 21.2. The average molecular weight is 404 g/mol. The van der Waals surface area contributed by atoms with E-state index in [1.165, 1.54) is 0 Å². The number of nitrogens with zero attached hydrogens (tertiary/aromatic N) is 1. The number of benzene rings is 2. The molecule has 0 spiro atoms. The van der Waals surface area contributed by atoms with Crippen molar-refractivity contribution in [3.05, 3.63) is 71.4 Å². The lowest BCUT2D eigenvalue weighted by atomic mass is 10.1. The number of nitrogens with one attached hydrogen (secondary N) is 1. The van der Waals surface area contributed by atoms with Gasteiger partial charge in [0.1, 0.15) is 0 Å². The Labute approximate surface area is 175 Å². The van der Waals surface area contributed by atoms with Gasteiger partial charge in [-0.15, -0.1) is 0 Å². The highest BCUT2D eigenvalue weighted by molar-refractivity contribution is 6.06. The third kappa shape index (κ3) is 4.71. The maximum absolute atomic E-state index is 12.7. The average Bonchev–Trinajstić information content (AvgIpc) is 2.72. The SMILES string of the molecule is Cc1cc(C(=O)OC(C)C(=O)c2ccc(NC(=O)C(C)C)cc2)c2ccccc2n1. The molecule has 0 aliphatic heterocycles. The standard InChI is InChI=1S/C24H24N2O4/c1-14(2)23(28)26-18-11-9-17(10-12-18)22(27)16(4)30-24(29)20-13-15(3)25-21-8-6-5-7-19(20)21/h5-14,16H,1-4H3,(H,26,28). The molecule has 30 heavy (non-hydrogen) atoms. The topological polar surface area (TPSA) is 85.4 Å². The number of fused-ring (bicyclic) bond motifs is 1. The number of carbonyl (C=O) groups is 3. The summed E-state index contributed by atoms with van der Waals surface area (Å²) in [4.78, 5) is 41.6. The van der Waals surface area contributed by atoms with Crippen molar-refractivity contribution in [2.24, 2.45) is 5.92 Å². The largest absolute Gasteiger partial charge is 0.451 e. The molecule has 6 heteroatoms. The van der Waals surface area contributed by atoms with E-state index in [0.29, 0.717) is 33.4 Å². The molecule has 0 bridgehead atoms. The molecule has 1 atom stereocenters. The van der Waals surface area contributed by atoms with Crippen molar-refractivity contribution in [2.45, 2.75) is 33.8 Å². The molecular formula is C24H24N2O4. The summed E-state index contributed by atoms with van der Waals surface area (Å²) < 4.78 is 5.46. The molecule has 6 nitrogen and oxygen atoms in total. The number of hydrogen-bond acceptors (Lipinski definition) is 5. The maximum atomic E-state index is 12.7. The smallest absolute Gasteiger partial charge is 0.339 e. The number of pyridine rings is 1. The minimum absolute atomic E-state index is 0.101. The van der Waals surface area contributed by atoms with Crippen LogP contribution < -0.4 is 5.32 Å². The fourth-order valence-corrected chi connectivity index (χ4v) is 2.99. The normalized spacial score (nSPS) is 11.9. The van der Waals surface area contributed by atoms with Crippen molar-refractivity contribution in [3.8, 4) is 0 Å². The van der Waals surface area contributed by atoms with Crippen LogP contribution in [0.3, 0.4) is 0 Å². The van der Waals surface area contributed by atoms with E-state index in [0.717, 1.165) is 0 Å². The number of para-hydroxylation sites is 1.